The highest BCUT2D eigenvalue weighted by atomic mass is 16.5. The zero-order chi connectivity index (χ0) is 25.2. The Balaban J connectivity index is 2.05. The van der Waals surface area contributed by atoms with Crippen molar-refractivity contribution in [1.29, 1.82) is 0 Å². The van der Waals surface area contributed by atoms with E-state index in [0.29, 0.717) is 34.5 Å². The molecular formula is C24H28N6O5. The quantitative estimate of drug-likeness (QED) is 0.235. The van der Waals surface area contributed by atoms with Crippen LogP contribution in [0.2, 0.25) is 0 Å². The summed E-state index contributed by atoms with van der Waals surface area (Å²) in [6.45, 7) is -0.468. The van der Waals surface area contributed by atoms with Gasteiger partial charge in [-0.25, -0.2) is 9.97 Å². The molecule has 0 radical (unpaired) electrons. The van der Waals surface area contributed by atoms with E-state index in [2.05, 4.69) is 20.0 Å². The fourth-order valence-electron chi connectivity index (χ4n) is 3.26. The van der Waals surface area contributed by atoms with Gasteiger partial charge in [0.15, 0.2) is 12.2 Å². The van der Waals surface area contributed by atoms with E-state index in [4.69, 9.17) is 24.5 Å². The van der Waals surface area contributed by atoms with Gasteiger partial charge >= 0.3 is 0 Å². The lowest BCUT2D eigenvalue weighted by Gasteiger charge is -2.31. The van der Waals surface area contributed by atoms with Gasteiger partial charge in [-0.05, 0) is 54.1 Å². The Kier molecular flexibility index (Phi) is 8.94. The first-order valence-electron chi connectivity index (χ1n) is 10.7. The lowest BCUT2D eigenvalue weighted by Crippen LogP contribution is -2.41. The summed E-state index contributed by atoms with van der Waals surface area (Å²) in [5.41, 5.74) is 9.70. The van der Waals surface area contributed by atoms with E-state index >= 15 is 0 Å². The molecule has 184 valence electrons. The minimum absolute atomic E-state index is 0.468. The van der Waals surface area contributed by atoms with Crippen LogP contribution in [0.3, 0.4) is 0 Å². The molecule has 0 spiro atoms. The zero-order valence-corrected chi connectivity index (χ0v) is 20.0. The first-order chi connectivity index (χ1) is 17.0. The highest BCUT2D eigenvalue weighted by Crippen LogP contribution is 2.32. The van der Waals surface area contributed by atoms with E-state index in [-0.39, 0.29) is 0 Å². The molecule has 0 aliphatic heterocycles. The van der Waals surface area contributed by atoms with Crippen LogP contribution in [0.4, 0.5) is 5.95 Å². The largest absolute Gasteiger partial charge is 0.497 e. The molecule has 3 aromatic rings. The summed E-state index contributed by atoms with van der Waals surface area (Å²) in [6, 6.07) is 12.9. The van der Waals surface area contributed by atoms with Gasteiger partial charge in [0.05, 0.1) is 20.8 Å². The van der Waals surface area contributed by atoms with Gasteiger partial charge in [0.2, 0.25) is 5.95 Å². The predicted molar refractivity (Wildman–Crippen MR) is 130 cm³/mol. The minimum atomic E-state index is -0.973. The molecule has 11 nitrogen and oxygen atoms in total. The average Bonchev–Trinajstić information content (AvgIpc) is 2.90. The molecule has 3 atom stereocenters. The van der Waals surface area contributed by atoms with Gasteiger partial charge in [-0.15, -0.1) is 0 Å². The molecule has 0 aliphatic rings. The van der Waals surface area contributed by atoms with Crippen LogP contribution < -0.4 is 23.8 Å². The maximum atomic E-state index is 10.1. The van der Waals surface area contributed by atoms with Crippen molar-refractivity contribution in [3.63, 3.8) is 0 Å². The molecule has 3 rings (SSSR count). The monoisotopic (exact) mass is 480 g/mol. The molecule has 0 amide bonds. The highest BCUT2D eigenvalue weighted by molar-refractivity contribution is 5.34. The average molecular weight is 481 g/mol. The number of anilines is 1. The fraction of sp³-hybridized carbons (Fsp3) is 0.333. The topological polar surface area (TPSA) is 135 Å². The van der Waals surface area contributed by atoms with Crippen molar-refractivity contribution in [2.24, 2.45) is 5.11 Å². The van der Waals surface area contributed by atoms with Crippen molar-refractivity contribution < 1.29 is 24.1 Å². The highest BCUT2D eigenvalue weighted by Gasteiger charge is 2.35. The molecule has 35 heavy (non-hydrogen) atoms. The summed E-state index contributed by atoms with van der Waals surface area (Å²) >= 11 is 0. The Labute approximate surface area is 203 Å². The summed E-state index contributed by atoms with van der Waals surface area (Å²) in [5.74, 6) is 2.81. The van der Waals surface area contributed by atoms with E-state index in [1.165, 1.54) is 0 Å². The van der Waals surface area contributed by atoms with Crippen molar-refractivity contribution >= 4 is 5.95 Å². The van der Waals surface area contributed by atoms with Crippen molar-refractivity contribution in [1.82, 2.24) is 9.97 Å². The Morgan fingerprint density at radius 1 is 0.886 bits per heavy atom. The van der Waals surface area contributed by atoms with Crippen LogP contribution in [-0.2, 0) is 0 Å². The number of aliphatic hydroxyl groups excluding tert-OH is 1. The van der Waals surface area contributed by atoms with Crippen molar-refractivity contribution in [3.8, 4) is 23.0 Å². The standard InChI is InChI=1S/C24H28N6O5/c1-30(2)24-26-13-16(14-27-24)22(34-19-9-5-17(32-3)6-10-19)23(21(15-31)28-29-25)35-20-11-7-18(33-4)8-12-20/h5-14,21-23,31H,15H2,1-4H3/t21-,22+,23-/m0/s1. The summed E-state index contributed by atoms with van der Waals surface area (Å²) in [4.78, 5) is 13.4. The zero-order valence-electron chi connectivity index (χ0n) is 20.0. The number of methoxy groups -OCH3 is 2. The third kappa shape index (κ3) is 6.66. The van der Waals surface area contributed by atoms with Crippen LogP contribution in [0, 0.1) is 0 Å². The van der Waals surface area contributed by atoms with Gasteiger partial charge in [-0.1, -0.05) is 5.11 Å². The Morgan fingerprint density at radius 2 is 1.37 bits per heavy atom. The summed E-state index contributed by atoms with van der Waals surface area (Å²) in [6.07, 6.45) is 1.46. The van der Waals surface area contributed by atoms with E-state index in [1.807, 2.05) is 14.1 Å². The van der Waals surface area contributed by atoms with Gasteiger partial charge in [0.25, 0.3) is 0 Å². The molecule has 11 heteroatoms. The van der Waals surface area contributed by atoms with Gasteiger partial charge in [0, 0.05) is 37.0 Å². The van der Waals surface area contributed by atoms with Crippen molar-refractivity contribution in [2.45, 2.75) is 18.2 Å². The molecule has 1 N–H and O–H groups in total. The Morgan fingerprint density at radius 3 is 1.80 bits per heavy atom. The van der Waals surface area contributed by atoms with Crippen LogP contribution in [0.5, 0.6) is 23.0 Å². The maximum absolute atomic E-state index is 10.1. The third-order valence-corrected chi connectivity index (χ3v) is 5.11. The summed E-state index contributed by atoms with van der Waals surface area (Å²) in [5, 5.41) is 13.8. The number of hydrogen-bond acceptors (Lipinski definition) is 9. The minimum Gasteiger partial charge on any atom is -0.497 e. The molecule has 1 heterocycles. The molecule has 0 aliphatic carbocycles. The number of ether oxygens (including phenoxy) is 4. The number of azide groups is 1. The van der Waals surface area contributed by atoms with Gasteiger partial charge in [-0.2, -0.15) is 0 Å². The normalized spacial score (nSPS) is 13.1. The van der Waals surface area contributed by atoms with Gasteiger partial charge < -0.3 is 29.0 Å². The first-order valence-corrected chi connectivity index (χ1v) is 10.7. The van der Waals surface area contributed by atoms with Crippen LogP contribution in [0.1, 0.15) is 11.7 Å². The lowest BCUT2D eigenvalue weighted by molar-refractivity contribution is 0.0222. The van der Waals surface area contributed by atoms with Crippen LogP contribution in [0.25, 0.3) is 10.4 Å². The van der Waals surface area contributed by atoms with E-state index in [9.17, 15) is 5.11 Å². The van der Waals surface area contributed by atoms with Crippen LogP contribution in [0.15, 0.2) is 66.0 Å². The third-order valence-electron chi connectivity index (χ3n) is 5.11. The summed E-state index contributed by atoms with van der Waals surface area (Å²) < 4.78 is 23.0. The number of aliphatic hydroxyl groups is 1. The second-order valence-electron chi connectivity index (χ2n) is 7.64. The van der Waals surface area contributed by atoms with E-state index in [1.54, 1.807) is 80.0 Å². The smallest absolute Gasteiger partial charge is 0.224 e. The molecule has 0 unspecified atom stereocenters. The van der Waals surface area contributed by atoms with Crippen molar-refractivity contribution in [3.05, 3.63) is 76.9 Å². The first kappa shape index (κ1) is 25.4. The second kappa shape index (κ2) is 12.3. The van der Waals surface area contributed by atoms with Crippen LogP contribution >= 0.6 is 0 Å². The summed E-state index contributed by atoms with van der Waals surface area (Å²) in [7, 11) is 6.81. The Hall–Kier alpha value is -4.21. The maximum Gasteiger partial charge on any atom is 0.224 e. The van der Waals surface area contributed by atoms with E-state index < -0.39 is 24.9 Å². The van der Waals surface area contributed by atoms with Gasteiger partial charge in [0.1, 0.15) is 29.0 Å². The molecule has 0 bridgehead atoms. The number of aromatic nitrogens is 2. The molecule has 0 saturated heterocycles. The molecule has 2 aromatic carbocycles. The molecule has 0 saturated carbocycles. The number of rotatable bonds is 12. The SMILES string of the molecule is COc1ccc(O[C@@H]([C@H](CO)N=[N+]=[N-])[C@H](Oc2ccc(OC)cc2)c2cnc(N(C)C)nc2)cc1. The number of nitrogens with zero attached hydrogens (tertiary/aromatic N) is 6. The number of benzene rings is 2. The Bertz CT molecular complexity index is 1100. The molecule has 0 fully saturated rings. The number of hydrogen-bond donors (Lipinski definition) is 1. The second-order valence-corrected chi connectivity index (χ2v) is 7.64. The lowest BCUT2D eigenvalue weighted by atomic mass is 10.0. The van der Waals surface area contributed by atoms with Crippen molar-refractivity contribution in [2.75, 3.05) is 39.8 Å². The van der Waals surface area contributed by atoms with E-state index in [0.717, 1.165) is 0 Å². The fourth-order valence-corrected chi connectivity index (χ4v) is 3.26. The molecular weight excluding hydrogens is 452 g/mol. The molecule has 1 aromatic heterocycles. The predicted octanol–water partition coefficient (Wildman–Crippen LogP) is 3.80. The van der Waals surface area contributed by atoms with Gasteiger partial charge in [-0.3, -0.25) is 0 Å². The van der Waals surface area contributed by atoms with Crippen LogP contribution in [-0.4, -0.2) is 62.1 Å².